The number of aromatic nitrogens is 1. The zero-order chi connectivity index (χ0) is 17.4. The maximum atomic E-state index is 12.9. The van der Waals surface area contributed by atoms with Crippen LogP contribution in [-0.2, 0) is 9.59 Å². The molecule has 2 aliphatic rings. The summed E-state index contributed by atoms with van der Waals surface area (Å²) in [6.45, 7) is 2.07. The normalized spacial score (nSPS) is 21.6. The van der Waals surface area contributed by atoms with Gasteiger partial charge in [0.05, 0.1) is 0 Å². The first-order chi connectivity index (χ1) is 12.1. The molecule has 2 aliphatic carbocycles. The van der Waals surface area contributed by atoms with Crippen LogP contribution in [0, 0.1) is 12.8 Å². The maximum Gasteiger partial charge on any atom is 0.245 e. The molecular weight excluding hydrogens is 334 g/mol. The number of amides is 2. The lowest BCUT2D eigenvalue weighted by Crippen LogP contribution is -2.40. The minimum absolute atomic E-state index is 0.0258. The van der Waals surface area contributed by atoms with Crippen LogP contribution in [0.25, 0.3) is 0 Å². The van der Waals surface area contributed by atoms with Crippen molar-refractivity contribution in [1.29, 1.82) is 0 Å². The molecule has 2 aromatic rings. The Morgan fingerprint density at radius 2 is 2.04 bits per heavy atom. The van der Waals surface area contributed by atoms with Crippen LogP contribution in [0.5, 0.6) is 0 Å². The zero-order valence-electron chi connectivity index (χ0n) is 14.1. The van der Waals surface area contributed by atoms with Crippen molar-refractivity contribution in [2.75, 3.05) is 11.9 Å². The van der Waals surface area contributed by atoms with Crippen LogP contribution in [0.4, 0.5) is 5.13 Å². The molecule has 2 unspecified atom stereocenters. The number of carbonyl (C=O) groups is 2. The predicted octanol–water partition coefficient (Wildman–Crippen LogP) is 3.18. The van der Waals surface area contributed by atoms with Crippen molar-refractivity contribution in [3.8, 4) is 0 Å². The molecule has 4 rings (SSSR count). The molecule has 2 fully saturated rings. The number of rotatable bonds is 6. The fourth-order valence-corrected chi connectivity index (χ4v) is 3.93. The first-order valence-electron chi connectivity index (χ1n) is 8.69. The Hall–Kier alpha value is -2.21. The fraction of sp³-hybridized carbons (Fsp3) is 0.421. The molecule has 2 amide bonds. The van der Waals surface area contributed by atoms with Gasteiger partial charge in [-0.3, -0.25) is 9.59 Å². The molecule has 0 aliphatic heterocycles. The monoisotopic (exact) mass is 355 g/mol. The maximum absolute atomic E-state index is 12.9. The highest BCUT2D eigenvalue weighted by atomic mass is 32.1. The van der Waals surface area contributed by atoms with Gasteiger partial charge in [0.1, 0.15) is 6.54 Å². The summed E-state index contributed by atoms with van der Waals surface area (Å²) < 4.78 is 0. The van der Waals surface area contributed by atoms with Crippen LogP contribution in [0.1, 0.15) is 35.6 Å². The van der Waals surface area contributed by atoms with Crippen LogP contribution in [0.15, 0.2) is 36.5 Å². The molecule has 2 saturated carbocycles. The van der Waals surface area contributed by atoms with E-state index < -0.39 is 0 Å². The number of nitrogens with one attached hydrogen (secondary N) is 1. The Morgan fingerprint density at radius 1 is 1.28 bits per heavy atom. The Morgan fingerprint density at radius 3 is 2.68 bits per heavy atom. The molecule has 1 N–H and O–H groups in total. The third-order valence-corrected chi connectivity index (χ3v) is 5.62. The van der Waals surface area contributed by atoms with E-state index in [9.17, 15) is 9.59 Å². The molecule has 5 nitrogen and oxygen atoms in total. The lowest BCUT2D eigenvalue weighted by Gasteiger charge is -2.22. The number of benzene rings is 1. The fourth-order valence-electron chi connectivity index (χ4n) is 3.25. The van der Waals surface area contributed by atoms with Crippen molar-refractivity contribution in [2.45, 2.75) is 38.1 Å². The van der Waals surface area contributed by atoms with Gasteiger partial charge in [-0.15, -0.1) is 11.3 Å². The number of hydrogen-bond donors (Lipinski definition) is 1. The predicted molar refractivity (Wildman–Crippen MR) is 97.5 cm³/mol. The molecule has 6 heteroatoms. The van der Waals surface area contributed by atoms with Crippen LogP contribution in [0.2, 0.25) is 0 Å². The number of anilines is 1. The molecule has 0 bridgehead atoms. The molecule has 25 heavy (non-hydrogen) atoms. The number of carbonyl (C=O) groups excluding carboxylic acids is 2. The number of nitrogens with zero attached hydrogens (tertiary/aromatic N) is 2. The molecule has 2 atom stereocenters. The van der Waals surface area contributed by atoms with E-state index >= 15 is 0 Å². The smallest absolute Gasteiger partial charge is 0.245 e. The van der Waals surface area contributed by atoms with Crippen LogP contribution in [0.3, 0.4) is 0 Å². The summed E-state index contributed by atoms with van der Waals surface area (Å²) in [4.78, 5) is 32.2. The van der Waals surface area contributed by atoms with Gasteiger partial charge < -0.3 is 10.2 Å². The minimum Gasteiger partial charge on any atom is -0.330 e. The second kappa shape index (κ2) is 6.59. The minimum atomic E-state index is -0.161. The third kappa shape index (κ3) is 3.74. The number of aryl methyl sites for hydroxylation is 1. The van der Waals surface area contributed by atoms with Crippen molar-refractivity contribution in [3.63, 3.8) is 0 Å². The van der Waals surface area contributed by atoms with Gasteiger partial charge in [0.15, 0.2) is 5.13 Å². The van der Waals surface area contributed by atoms with Crippen molar-refractivity contribution < 1.29 is 9.59 Å². The summed E-state index contributed by atoms with van der Waals surface area (Å²) >= 11 is 1.45. The van der Waals surface area contributed by atoms with E-state index in [1.165, 1.54) is 16.9 Å². The summed E-state index contributed by atoms with van der Waals surface area (Å²) in [7, 11) is 0. The van der Waals surface area contributed by atoms with Gasteiger partial charge in [0.25, 0.3) is 0 Å². The highest BCUT2D eigenvalue weighted by Crippen LogP contribution is 2.49. The Bertz CT molecular complexity index is 785. The molecule has 0 radical (unpaired) electrons. The molecule has 1 aromatic heterocycles. The van der Waals surface area contributed by atoms with Crippen molar-refractivity contribution in [2.24, 2.45) is 5.92 Å². The van der Waals surface area contributed by atoms with Crippen molar-refractivity contribution in [3.05, 3.63) is 47.0 Å². The van der Waals surface area contributed by atoms with Gasteiger partial charge in [-0.2, -0.15) is 0 Å². The van der Waals surface area contributed by atoms with E-state index in [-0.39, 0.29) is 30.3 Å². The second-order valence-corrected chi connectivity index (χ2v) is 8.12. The van der Waals surface area contributed by atoms with Crippen molar-refractivity contribution >= 4 is 28.3 Å². The van der Waals surface area contributed by atoms with Crippen LogP contribution < -0.4 is 5.32 Å². The average molecular weight is 355 g/mol. The lowest BCUT2D eigenvalue weighted by atomic mass is 10.1. The van der Waals surface area contributed by atoms with E-state index in [1.54, 1.807) is 11.1 Å². The largest absolute Gasteiger partial charge is 0.330 e. The zero-order valence-corrected chi connectivity index (χ0v) is 15.0. The first-order valence-corrected chi connectivity index (χ1v) is 9.51. The summed E-state index contributed by atoms with van der Waals surface area (Å²) in [5.74, 6) is 0.297. The van der Waals surface area contributed by atoms with Crippen LogP contribution in [-0.4, -0.2) is 34.3 Å². The summed E-state index contributed by atoms with van der Waals surface area (Å²) in [6, 6.07) is 10.4. The molecule has 0 saturated heterocycles. The van der Waals surface area contributed by atoms with Gasteiger partial charge in [-0.1, -0.05) is 30.3 Å². The SMILES string of the molecule is Cc1cnc(NC(=O)CN(C(=O)C2CC2c2ccccc2)C2CC2)s1. The number of hydrogen-bond acceptors (Lipinski definition) is 4. The van der Waals surface area contributed by atoms with E-state index in [4.69, 9.17) is 0 Å². The first kappa shape index (κ1) is 16.3. The van der Waals surface area contributed by atoms with Gasteiger partial charge in [0.2, 0.25) is 11.8 Å². The van der Waals surface area contributed by atoms with Crippen LogP contribution >= 0.6 is 11.3 Å². The highest BCUT2D eigenvalue weighted by molar-refractivity contribution is 7.15. The summed E-state index contributed by atoms with van der Waals surface area (Å²) in [5, 5.41) is 3.40. The van der Waals surface area contributed by atoms with E-state index in [0.717, 1.165) is 24.1 Å². The summed E-state index contributed by atoms with van der Waals surface area (Å²) in [5.41, 5.74) is 1.22. The second-order valence-electron chi connectivity index (χ2n) is 6.88. The lowest BCUT2D eigenvalue weighted by molar-refractivity contribution is -0.136. The van der Waals surface area contributed by atoms with E-state index in [2.05, 4.69) is 22.4 Å². The Labute approximate surface area is 151 Å². The van der Waals surface area contributed by atoms with E-state index in [0.29, 0.717) is 11.0 Å². The molecule has 1 aromatic carbocycles. The molecule has 0 spiro atoms. The topological polar surface area (TPSA) is 62.3 Å². The van der Waals surface area contributed by atoms with Gasteiger partial charge >= 0.3 is 0 Å². The quantitative estimate of drug-likeness (QED) is 0.866. The number of thiazole rings is 1. The highest BCUT2D eigenvalue weighted by Gasteiger charge is 2.48. The summed E-state index contributed by atoms with van der Waals surface area (Å²) in [6.07, 6.45) is 4.62. The molecule has 130 valence electrons. The Kier molecular flexibility index (Phi) is 4.29. The van der Waals surface area contributed by atoms with Gasteiger partial charge in [0, 0.05) is 23.0 Å². The average Bonchev–Trinajstić information content (AvgIpc) is 3.52. The molecule has 1 heterocycles. The van der Waals surface area contributed by atoms with Gasteiger partial charge in [-0.25, -0.2) is 4.98 Å². The molecular formula is C19H21N3O2S. The standard InChI is InChI=1S/C19H21N3O2S/c1-12-10-20-19(25-12)21-17(23)11-22(14-7-8-14)18(24)16-9-15(16)13-5-3-2-4-6-13/h2-6,10,14-16H,7-9,11H2,1H3,(H,20,21,23). The van der Waals surface area contributed by atoms with E-state index in [1.807, 2.05) is 25.1 Å². The van der Waals surface area contributed by atoms with Gasteiger partial charge in [-0.05, 0) is 37.7 Å². The van der Waals surface area contributed by atoms with Crippen molar-refractivity contribution in [1.82, 2.24) is 9.88 Å². The third-order valence-electron chi connectivity index (χ3n) is 4.79. The Balaban J connectivity index is 1.38.